The summed E-state index contributed by atoms with van der Waals surface area (Å²) in [6, 6.07) is 8.51. The third-order valence-corrected chi connectivity index (χ3v) is 4.89. The van der Waals surface area contributed by atoms with Crippen molar-refractivity contribution in [3.63, 3.8) is 0 Å². The van der Waals surface area contributed by atoms with Gasteiger partial charge in [0.05, 0.1) is 5.69 Å². The Morgan fingerprint density at radius 2 is 2.05 bits per heavy atom. The first-order chi connectivity index (χ1) is 10.0. The number of pyridine rings is 1. The van der Waals surface area contributed by atoms with Crippen molar-refractivity contribution in [1.29, 1.82) is 0 Å². The Bertz CT molecular complexity index is 735. The molecule has 2 aromatic rings. The monoisotopic (exact) mass is 309 g/mol. The molecular formula is C14H16FN3O2S. The summed E-state index contributed by atoms with van der Waals surface area (Å²) in [5.74, 6) is -0.228. The second-order valence-corrected chi connectivity index (χ2v) is 6.08. The van der Waals surface area contributed by atoms with E-state index < -0.39 is 15.8 Å². The number of nitrogens with one attached hydrogen (secondary N) is 1. The van der Waals surface area contributed by atoms with Crippen LogP contribution in [0.2, 0.25) is 0 Å². The molecule has 0 saturated heterocycles. The topological polar surface area (TPSA) is 62.3 Å². The zero-order chi connectivity index (χ0) is 15.5. The highest BCUT2D eigenvalue weighted by atomic mass is 32.2. The summed E-state index contributed by atoms with van der Waals surface area (Å²) in [5, 5.41) is 2.75. The number of benzene rings is 1. The van der Waals surface area contributed by atoms with E-state index >= 15 is 0 Å². The molecule has 0 radical (unpaired) electrons. The van der Waals surface area contributed by atoms with Crippen LogP contribution in [0.25, 0.3) is 0 Å². The van der Waals surface area contributed by atoms with Crippen molar-refractivity contribution in [2.24, 2.45) is 0 Å². The predicted molar refractivity (Wildman–Crippen MR) is 80.4 cm³/mol. The van der Waals surface area contributed by atoms with Crippen LogP contribution in [0.5, 0.6) is 0 Å². The van der Waals surface area contributed by atoms with Crippen LogP contribution in [0, 0.1) is 5.82 Å². The number of aromatic nitrogens is 1. The summed E-state index contributed by atoms with van der Waals surface area (Å²) < 4.78 is 40.1. The third-order valence-electron chi connectivity index (χ3n) is 2.96. The van der Waals surface area contributed by atoms with Crippen LogP contribution in [0.1, 0.15) is 6.92 Å². The normalized spacial score (nSPS) is 11.2. The van der Waals surface area contributed by atoms with Crippen molar-refractivity contribution in [1.82, 2.24) is 4.98 Å². The fourth-order valence-corrected chi connectivity index (χ4v) is 3.65. The first-order valence-corrected chi connectivity index (χ1v) is 7.85. The molecule has 0 aliphatic carbocycles. The average molecular weight is 309 g/mol. The highest BCUT2D eigenvalue weighted by Gasteiger charge is 2.26. The molecule has 0 amide bonds. The van der Waals surface area contributed by atoms with E-state index in [-0.39, 0.29) is 22.9 Å². The molecule has 1 aromatic heterocycles. The predicted octanol–water partition coefficient (Wildman–Crippen LogP) is 2.48. The van der Waals surface area contributed by atoms with E-state index in [1.54, 1.807) is 26.1 Å². The van der Waals surface area contributed by atoms with Crippen molar-refractivity contribution in [3.8, 4) is 0 Å². The maximum absolute atomic E-state index is 13.4. The first-order valence-electron chi connectivity index (χ1n) is 6.41. The molecule has 2 rings (SSSR count). The second kappa shape index (κ2) is 6.09. The molecule has 0 spiro atoms. The van der Waals surface area contributed by atoms with Crippen molar-refractivity contribution in [2.75, 3.05) is 23.2 Å². The number of rotatable bonds is 5. The smallest absolute Gasteiger partial charge is 0.267 e. The van der Waals surface area contributed by atoms with Gasteiger partial charge in [-0.15, -0.1) is 0 Å². The molecule has 0 fully saturated rings. The summed E-state index contributed by atoms with van der Waals surface area (Å²) in [6.07, 6.45) is 1.50. The molecule has 5 nitrogen and oxygen atoms in total. The summed E-state index contributed by atoms with van der Waals surface area (Å²) in [6.45, 7) is 1.88. The number of hydrogen-bond acceptors (Lipinski definition) is 4. The van der Waals surface area contributed by atoms with Gasteiger partial charge in [-0.3, -0.25) is 4.31 Å². The van der Waals surface area contributed by atoms with Gasteiger partial charge < -0.3 is 5.32 Å². The molecule has 1 N–H and O–H groups in total. The molecule has 0 aliphatic heterocycles. The number of nitrogens with zero attached hydrogens (tertiary/aromatic N) is 2. The lowest BCUT2D eigenvalue weighted by Gasteiger charge is -2.23. The number of sulfonamides is 1. The van der Waals surface area contributed by atoms with Gasteiger partial charge >= 0.3 is 0 Å². The Kier molecular flexibility index (Phi) is 4.42. The van der Waals surface area contributed by atoms with Gasteiger partial charge in [0.2, 0.25) is 0 Å². The van der Waals surface area contributed by atoms with E-state index in [0.29, 0.717) is 0 Å². The Morgan fingerprint density at radius 3 is 2.67 bits per heavy atom. The minimum absolute atomic E-state index is 0.0543. The first kappa shape index (κ1) is 15.2. The number of halogens is 1. The minimum Gasteiger partial charge on any atom is -0.372 e. The van der Waals surface area contributed by atoms with Crippen LogP contribution in [0.4, 0.5) is 15.9 Å². The molecule has 1 heterocycles. The van der Waals surface area contributed by atoms with Crippen molar-refractivity contribution in [2.45, 2.75) is 11.8 Å². The Morgan fingerprint density at radius 1 is 1.29 bits per heavy atom. The zero-order valence-corrected chi connectivity index (χ0v) is 12.6. The van der Waals surface area contributed by atoms with E-state index in [2.05, 4.69) is 10.3 Å². The Balaban J connectivity index is 2.55. The van der Waals surface area contributed by atoms with E-state index in [0.717, 1.165) is 4.31 Å². The van der Waals surface area contributed by atoms with Gasteiger partial charge in [-0.2, -0.15) is 0 Å². The lowest BCUT2D eigenvalue weighted by Crippen LogP contribution is -2.31. The molecule has 0 atom stereocenters. The van der Waals surface area contributed by atoms with Crippen LogP contribution < -0.4 is 9.62 Å². The summed E-state index contributed by atoms with van der Waals surface area (Å²) in [5.41, 5.74) is 0.281. The quantitative estimate of drug-likeness (QED) is 0.921. The Labute approximate surface area is 123 Å². The molecule has 0 saturated carbocycles. The van der Waals surface area contributed by atoms with E-state index in [1.165, 1.54) is 30.5 Å². The van der Waals surface area contributed by atoms with Crippen molar-refractivity contribution >= 4 is 21.5 Å². The highest BCUT2D eigenvalue weighted by molar-refractivity contribution is 7.93. The van der Waals surface area contributed by atoms with Gasteiger partial charge in [0.15, 0.2) is 0 Å². The van der Waals surface area contributed by atoms with Crippen LogP contribution >= 0.6 is 0 Å². The fraction of sp³-hybridized carbons (Fsp3) is 0.214. The summed E-state index contributed by atoms with van der Waals surface area (Å²) >= 11 is 0. The SMILES string of the molecule is CCN(c1cccc(F)c1)S(=O)(=O)c1cccnc1NC. The molecule has 0 aliphatic rings. The molecule has 1 aromatic carbocycles. The lowest BCUT2D eigenvalue weighted by atomic mass is 10.3. The van der Waals surface area contributed by atoms with Crippen molar-refractivity contribution < 1.29 is 12.8 Å². The van der Waals surface area contributed by atoms with Gasteiger partial charge in [-0.1, -0.05) is 6.07 Å². The molecule has 0 unspecified atom stereocenters. The largest absolute Gasteiger partial charge is 0.372 e. The maximum Gasteiger partial charge on any atom is 0.267 e. The lowest BCUT2D eigenvalue weighted by molar-refractivity contribution is 0.591. The van der Waals surface area contributed by atoms with E-state index in [1.807, 2.05) is 0 Å². The van der Waals surface area contributed by atoms with Crippen molar-refractivity contribution in [3.05, 3.63) is 48.4 Å². The van der Waals surface area contributed by atoms with Crippen LogP contribution in [-0.2, 0) is 10.0 Å². The van der Waals surface area contributed by atoms with Gasteiger partial charge in [0.1, 0.15) is 16.5 Å². The van der Waals surface area contributed by atoms with Crippen LogP contribution in [0.15, 0.2) is 47.5 Å². The summed E-state index contributed by atoms with van der Waals surface area (Å²) in [7, 11) is -2.22. The number of hydrogen-bond donors (Lipinski definition) is 1. The van der Waals surface area contributed by atoms with Gasteiger partial charge in [0, 0.05) is 19.8 Å². The average Bonchev–Trinajstić information content (AvgIpc) is 2.47. The van der Waals surface area contributed by atoms with Gasteiger partial charge in [-0.05, 0) is 37.3 Å². The maximum atomic E-state index is 13.4. The van der Waals surface area contributed by atoms with Gasteiger partial charge in [0.25, 0.3) is 10.0 Å². The molecule has 112 valence electrons. The zero-order valence-electron chi connectivity index (χ0n) is 11.7. The van der Waals surface area contributed by atoms with Crippen LogP contribution in [-0.4, -0.2) is 27.0 Å². The molecule has 0 bridgehead atoms. The van der Waals surface area contributed by atoms with Crippen LogP contribution in [0.3, 0.4) is 0 Å². The third kappa shape index (κ3) is 2.97. The van der Waals surface area contributed by atoms with E-state index in [4.69, 9.17) is 0 Å². The highest BCUT2D eigenvalue weighted by Crippen LogP contribution is 2.27. The molecule has 7 heteroatoms. The molecule has 21 heavy (non-hydrogen) atoms. The van der Waals surface area contributed by atoms with E-state index in [9.17, 15) is 12.8 Å². The second-order valence-electron chi connectivity index (χ2n) is 4.25. The number of anilines is 2. The Hall–Kier alpha value is -2.15. The fourth-order valence-electron chi connectivity index (χ4n) is 2.03. The molecular weight excluding hydrogens is 293 g/mol. The summed E-state index contributed by atoms with van der Waals surface area (Å²) in [4.78, 5) is 4.05. The van der Waals surface area contributed by atoms with Gasteiger partial charge in [-0.25, -0.2) is 17.8 Å². The standard InChI is InChI=1S/C14H16FN3O2S/c1-3-18(12-7-4-6-11(15)10-12)21(19,20)13-8-5-9-17-14(13)16-2/h4-10H,3H2,1-2H3,(H,16,17). The minimum atomic E-state index is -3.82.